The molecule has 0 saturated carbocycles. The van der Waals surface area contributed by atoms with Crippen LogP contribution in [0.3, 0.4) is 0 Å². The molecule has 1 unspecified atom stereocenters. The smallest absolute Gasteiger partial charge is 0.242 e. The van der Waals surface area contributed by atoms with Crippen LogP contribution >= 0.6 is 0 Å². The van der Waals surface area contributed by atoms with Crippen LogP contribution in [0.15, 0.2) is 18.2 Å². The average Bonchev–Trinajstić information content (AvgIpc) is 2.46. The molecule has 0 radical (unpaired) electrons. The first-order valence-electron chi connectivity index (χ1n) is 7.00. The van der Waals surface area contributed by atoms with Gasteiger partial charge in [-0.2, -0.15) is 0 Å². The van der Waals surface area contributed by atoms with E-state index in [9.17, 15) is 14.3 Å². The van der Waals surface area contributed by atoms with Gasteiger partial charge in [-0.05, 0) is 44.4 Å². The molecule has 1 aromatic carbocycles. The molecule has 4 nitrogen and oxygen atoms in total. The lowest BCUT2D eigenvalue weighted by molar-refractivity contribution is -0.122. The number of carbonyl (C=O) groups excluding carboxylic acids is 1. The number of halogens is 1. The lowest BCUT2D eigenvalue weighted by Crippen LogP contribution is -2.49. The number of aliphatic hydroxyl groups excluding tert-OH is 1. The SMILES string of the molecule is CNC(=O)C1CCCCN1c1ccc(F)cc1[C@H](C)O. The molecule has 2 N–H and O–H groups in total. The van der Waals surface area contributed by atoms with Crippen molar-refractivity contribution < 1.29 is 14.3 Å². The van der Waals surface area contributed by atoms with Gasteiger partial charge in [0.2, 0.25) is 5.91 Å². The Bertz CT molecular complexity index is 491. The Morgan fingerprint density at radius 1 is 1.50 bits per heavy atom. The van der Waals surface area contributed by atoms with Gasteiger partial charge in [0.05, 0.1) is 6.10 Å². The number of anilines is 1. The van der Waals surface area contributed by atoms with Crippen LogP contribution in [0.4, 0.5) is 10.1 Å². The Labute approximate surface area is 118 Å². The van der Waals surface area contributed by atoms with E-state index in [1.54, 1.807) is 20.0 Å². The van der Waals surface area contributed by atoms with Crippen molar-refractivity contribution >= 4 is 11.6 Å². The fourth-order valence-corrected chi connectivity index (χ4v) is 2.78. The summed E-state index contributed by atoms with van der Waals surface area (Å²) in [5, 5.41) is 12.5. The van der Waals surface area contributed by atoms with E-state index >= 15 is 0 Å². The second kappa shape index (κ2) is 6.22. The summed E-state index contributed by atoms with van der Waals surface area (Å²) in [5.41, 5.74) is 1.27. The predicted octanol–water partition coefficient (Wildman–Crippen LogP) is 1.98. The standard InChI is InChI=1S/C15H21FN2O2/c1-10(19)12-9-11(16)6-7-13(12)18-8-4-3-5-14(18)15(20)17-2/h6-7,9-10,14,19H,3-5,8H2,1-2H3,(H,17,20)/t10-,14?/m0/s1. The number of likely N-dealkylation sites (N-methyl/N-ethyl adjacent to an activating group) is 1. The molecule has 1 fully saturated rings. The zero-order valence-electron chi connectivity index (χ0n) is 11.9. The number of benzene rings is 1. The van der Waals surface area contributed by atoms with Crippen molar-refractivity contribution in [1.29, 1.82) is 0 Å². The van der Waals surface area contributed by atoms with E-state index in [4.69, 9.17) is 0 Å². The van der Waals surface area contributed by atoms with Crippen LogP contribution in [0.1, 0.15) is 37.9 Å². The van der Waals surface area contributed by atoms with E-state index in [1.165, 1.54) is 12.1 Å². The molecule has 2 atom stereocenters. The van der Waals surface area contributed by atoms with Gasteiger partial charge in [0.25, 0.3) is 0 Å². The summed E-state index contributed by atoms with van der Waals surface area (Å²) in [7, 11) is 1.62. The molecule has 2 rings (SSSR count). The van der Waals surface area contributed by atoms with Crippen LogP contribution in [-0.4, -0.2) is 30.6 Å². The minimum Gasteiger partial charge on any atom is -0.389 e. The van der Waals surface area contributed by atoms with Crippen molar-refractivity contribution in [3.8, 4) is 0 Å². The number of hydrogen-bond donors (Lipinski definition) is 2. The molecule has 1 heterocycles. The van der Waals surface area contributed by atoms with Crippen molar-refractivity contribution in [2.45, 2.75) is 38.3 Å². The molecule has 110 valence electrons. The third kappa shape index (κ3) is 2.93. The maximum atomic E-state index is 13.4. The third-order valence-electron chi connectivity index (χ3n) is 3.80. The monoisotopic (exact) mass is 280 g/mol. The molecule has 0 bridgehead atoms. The molecular formula is C15H21FN2O2. The van der Waals surface area contributed by atoms with E-state index < -0.39 is 6.10 Å². The largest absolute Gasteiger partial charge is 0.389 e. The van der Waals surface area contributed by atoms with Crippen LogP contribution in [0.25, 0.3) is 0 Å². The maximum absolute atomic E-state index is 13.4. The highest BCUT2D eigenvalue weighted by atomic mass is 19.1. The second-order valence-electron chi connectivity index (χ2n) is 5.20. The number of nitrogens with one attached hydrogen (secondary N) is 1. The number of carbonyl (C=O) groups is 1. The zero-order chi connectivity index (χ0) is 14.7. The Morgan fingerprint density at radius 3 is 2.90 bits per heavy atom. The van der Waals surface area contributed by atoms with Crippen molar-refractivity contribution in [2.24, 2.45) is 0 Å². The molecule has 1 aliphatic rings. The van der Waals surface area contributed by atoms with Crippen LogP contribution in [0, 0.1) is 5.82 Å². The van der Waals surface area contributed by atoms with Crippen molar-refractivity contribution in [3.63, 3.8) is 0 Å². The number of piperidine rings is 1. The van der Waals surface area contributed by atoms with Gasteiger partial charge in [-0.1, -0.05) is 0 Å². The molecule has 0 aromatic heterocycles. The molecule has 5 heteroatoms. The Morgan fingerprint density at radius 2 is 2.25 bits per heavy atom. The maximum Gasteiger partial charge on any atom is 0.242 e. The highest BCUT2D eigenvalue weighted by molar-refractivity contribution is 5.85. The van der Waals surface area contributed by atoms with E-state index in [-0.39, 0.29) is 17.8 Å². The predicted molar refractivity (Wildman–Crippen MR) is 76.1 cm³/mol. The summed E-state index contributed by atoms with van der Waals surface area (Å²) in [6, 6.07) is 4.11. The zero-order valence-corrected chi connectivity index (χ0v) is 11.9. The molecule has 0 aliphatic carbocycles. The highest BCUT2D eigenvalue weighted by Crippen LogP contribution is 2.32. The first-order valence-corrected chi connectivity index (χ1v) is 7.00. The van der Waals surface area contributed by atoms with Gasteiger partial charge in [0.1, 0.15) is 11.9 Å². The van der Waals surface area contributed by atoms with Crippen molar-refractivity contribution in [1.82, 2.24) is 5.32 Å². The van der Waals surface area contributed by atoms with E-state index in [0.717, 1.165) is 31.5 Å². The molecule has 1 aromatic rings. The van der Waals surface area contributed by atoms with E-state index in [2.05, 4.69) is 5.32 Å². The fourth-order valence-electron chi connectivity index (χ4n) is 2.78. The van der Waals surface area contributed by atoms with Gasteiger partial charge in [-0.25, -0.2) is 4.39 Å². The molecule has 1 amide bonds. The van der Waals surface area contributed by atoms with Gasteiger partial charge in [-0.3, -0.25) is 4.79 Å². The normalized spacial score (nSPS) is 20.6. The summed E-state index contributed by atoms with van der Waals surface area (Å²) in [6.07, 6.45) is 1.99. The molecule has 0 spiro atoms. The Balaban J connectivity index is 2.39. The Kier molecular flexibility index (Phi) is 4.60. The fraction of sp³-hybridized carbons (Fsp3) is 0.533. The number of aliphatic hydroxyl groups is 1. The van der Waals surface area contributed by atoms with Crippen LogP contribution < -0.4 is 10.2 Å². The van der Waals surface area contributed by atoms with Gasteiger partial charge in [0, 0.05) is 24.8 Å². The molecule has 20 heavy (non-hydrogen) atoms. The molecular weight excluding hydrogens is 259 g/mol. The highest BCUT2D eigenvalue weighted by Gasteiger charge is 2.30. The van der Waals surface area contributed by atoms with Crippen LogP contribution in [-0.2, 0) is 4.79 Å². The van der Waals surface area contributed by atoms with Crippen molar-refractivity contribution in [2.75, 3.05) is 18.5 Å². The van der Waals surface area contributed by atoms with Gasteiger partial charge in [-0.15, -0.1) is 0 Å². The summed E-state index contributed by atoms with van der Waals surface area (Å²) >= 11 is 0. The van der Waals surface area contributed by atoms with E-state index in [1.807, 2.05) is 4.90 Å². The van der Waals surface area contributed by atoms with Gasteiger partial charge >= 0.3 is 0 Å². The minimum absolute atomic E-state index is 0.0365. The van der Waals surface area contributed by atoms with Gasteiger partial charge in [0.15, 0.2) is 0 Å². The number of amides is 1. The first kappa shape index (κ1) is 14.8. The topological polar surface area (TPSA) is 52.6 Å². The van der Waals surface area contributed by atoms with Crippen LogP contribution in [0.5, 0.6) is 0 Å². The van der Waals surface area contributed by atoms with E-state index in [0.29, 0.717) is 5.56 Å². The minimum atomic E-state index is -0.770. The summed E-state index contributed by atoms with van der Waals surface area (Å²) in [4.78, 5) is 14.0. The summed E-state index contributed by atoms with van der Waals surface area (Å²) in [6.45, 7) is 2.35. The third-order valence-corrected chi connectivity index (χ3v) is 3.80. The van der Waals surface area contributed by atoms with Crippen molar-refractivity contribution in [3.05, 3.63) is 29.6 Å². The lowest BCUT2D eigenvalue weighted by Gasteiger charge is -2.37. The lowest BCUT2D eigenvalue weighted by atomic mass is 9.98. The number of nitrogens with zero attached hydrogens (tertiary/aromatic N) is 1. The summed E-state index contributed by atoms with van der Waals surface area (Å²) < 4.78 is 13.4. The average molecular weight is 280 g/mol. The van der Waals surface area contributed by atoms with Crippen LogP contribution in [0.2, 0.25) is 0 Å². The quantitative estimate of drug-likeness (QED) is 0.890. The summed E-state index contributed by atoms with van der Waals surface area (Å²) in [5.74, 6) is -0.413. The Hall–Kier alpha value is -1.62. The molecule has 1 saturated heterocycles. The number of rotatable bonds is 3. The van der Waals surface area contributed by atoms with Gasteiger partial charge < -0.3 is 15.3 Å². The first-order chi connectivity index (χ1) is 9.54. The second-order valence-corrected chi connectivity index (χ2v) is 5.20. The molecule has 1 aliphatic heterocycles. The number of hydrogen-bond acceptors (Lipinski definition) is 3.